The number of likely N-dealkylation sites (N-methyl/N-ethyl adjacent to an activating group) is 1. The summed E-state index contributed by atoms with van der Waals surface area (Å²) in [5.74, 6) is 0.903. The number of rotatable bonds is 5. The Labute approximate surface area is 92.8 Å². The second kappa shape index (κ2) is 6.62. The number of hydrogen-bond acceptors (Lipinski definition) is 3. The Balaban J connectivity index is 2.36. The van der Waals surface area contributed by atoms with E-state index in [0.717, 1.165) is 18.8 Å². The van der Waals surface area contributed by atoms with Crippen molar-refractivity contribution < 1.29 is 4.74 Å². The minimum Gasteiger partial charge on any atom is -0.491 e. The van der Waals surface area contributed by atoms with Crippen LogP contribution in [0.2, 0.25) is 0 Å². The average Bonchev–Trinajstić information content (AvgIpc) is 2.61. The van der Waals surface area contributed by atoms with Crippen LogP contribution < -0.4 is 0 Å². The summed E-state index contributed by atoms with van der Waals surface area (Å²) in [6, 6.07) is 0.579. The zero-order valence-corrected chi connectivity index (χ0v) is 10.1. The number of ether oxygens (including phenoxy) is 1. The fraction of sp³-hybridized carbons (Fsp3) is 0.750. The van der Waals surface area contributed by atoms with Gasteiger partial charge in [-0.15, -0.1) is 0 Å². The Morgan fingerprint density at radius 1 is 1.60 bits per heavy atom. The van der Waals surface area contributed by atoms with E-state index in [-0.39, 0.29) is 0 Å². The lowest BCUT2D eigenvalue weighted by molar-refractivity contribution is 0.150. The van der Waals surface area contributed by atoms with Crippen molar-refractivity contribution in [2.24, 2.45) is 4.99 Å². The number of allylic oxidation sites excluding steroid dienone is 2. The maximum absolute atomic E-state index is 5.75. The van der Waals surface area contributed by atoms with Gasteiger partial charge >= 0.3 is 0 Å². The standard InChI is InChI=1S/C12H22N2O/c1-4-6-12(9-13-2)15-10-11-7-5-8-14(11)3/h6,9,11H,4-5,7-8,10H2,1-3H3/b12-6+,13-9?. The zero-order valence-electron chi connectivity index (χ0n) is 10.1. The van der Waals surface area contributed by atoms with E-state index in [4.69, 9.17) is 4.74 Å². The van der Waals surface area contributed by atoms with E-state index in [1.165, 1.54) is 19.4 Å². The van der Waals surface area contributed by atoms with Crippen molar-refractivity contribution in [1.82, 2.24) is 4.90 Å². The van der Waals surface area contributed by atoms with Crippen LogP contribution in [0.15, 0.2) is 16.8 Å². The molecule has 15 heavy (non-hydrogen) atoms. The molecule has 0 aromatic heterocycles. The largest absolute Gasteiger partial charge is 0.491 e. The van der Waals surface area contributed by atoms with Crippen LogP contribution in [0.1, 0.15) is 26.2 Å². The lowest BCUT2D eigenvalue weighted by atomic mass is 10.2. The van der Waals surface area contributed by atoms with Gasteiger partial charge in [0.05, 0.1) is 6.21 Å². The molecule has 1 saturated heterocycles. The van der Waals surface area contributed by atoms with Crippen LogP contribution in [-0.2, 0) is 4.74 Å². The van der Waals surface area contributed by atoms with Gasteiger partial charge in [0.2, 0.25) is 0 Å². The molecule has 1 unspecified atom stereocenters. The van der Waals surface area contributed by atoms with Crippen molar-refractivity contribution in [3.05, 3.63) is 11.8 Å². The van der Waals surface area contributed by atoms with Gasteiger partial charge in [-0.05, 0) is 38.9 Å². The fourth-order valence-corrected chi connectivity index (χ4v) is 1.86. The molecular formula is C12H22N2O. The predicted octanol–water partition coefficient (Wildman–Crippen LogP) is 2.09. The topological polar surface area (TPSA) is 24.8 Å². The summed E-state index contributed by atoms with van der Waals surface area (Å²) in [5.41, 5.74) is 0. The minimum atomic E-state index is 0.579. The molecule has 1 atom stereocenters. The minimum absolute atomic E-state index is 0.579. The summed E-state index contributed by atoms with van der Waals surface area (Å²) in [6.45, 7) is 4.09. The Bertz CT molecular complexity index is 236. The van der Waals surface area contributed by atoms with Crippen LogP contribution in [0.5, 0.6) is 0 Å². The number of aliphatic imine (C=N–C) groups is 1. The molecule has 0 aromatic carbocycles. The highest BCUT2D eigenvalue weighted by Gasteiger charge is 2.21. The molecule has 0 N–H and O–H groups in total. The monoisotopic (exact) mass is 210 g/mol. The van der Waals surface area contributed by atoms with Crippen LogP contribution in [0.3, 0.4) is 0 Å². The molecule has 3 heteroatoms. The first kappa shape index (κ1) is 12.2. The molecule has 0 spiro atoms. The molecule has 0 radical (unpaired) electrons. The van der Waals surface area contributed by atoms with Crippen molar-refractivity contribution >= 4 is 6.21 Å². The predicted molar refractivity (Wildman–Crippen MR) is 64.4 cm³/mol. The Morgan fingerprint density at radius 3 is 2.93 bits per heavy atom. The average molecular weight is 210 g/mol. The Hall–Kier alpha value is -0.830. The molecular weight excluding hydrogens is 188 g/mol. The third kappa shape index (κ3) is 4.04. The van der Waals surface area contributed by atoms with Crippen LogP contribution in [0.25, 0.3) is 0 Å². The molecule has 0 aliphatic carbocycles. The van der Waals surface area contributed by atoms with E-state index in [1.54, 1.807) is 13.3 Å². The third-order valence-electron chi connectivity index (χ3n) is 2.78. The van der Waals surface area contributed by atoms with Gasteiger partial charge in [-0.1, -0.05) is 6.92 Å². The summed E-state index contributed by atoms with van der Waals surface area (Å²) in [5, 5.41) is 0. The van der Waals surface area contributed by atoms with Gasteiger partial charge in [0.25, 0.3) is 0 Å². The first-order chi connectivity index (χ1) is 7.27. The molecule has 1 fully saturated rings. The smallest absolute Gasteiger partial charge is 0.133 e. The lowest BCUT2D eigenvalue weighted by Crippen LogP contribution is -2.29. The summed E-state index contributed by atoms with van der Waals surface area (Å²) >= 11 is 0. The number of likely N-dealkylation sites (tertiary alicyclic amines) is 1. The van der Waals surface area contributed by atoms with Gasteiger partial charge in [0.15, 0.2) is 0 Å². The summed E-state index contributed by atoms with van der Waals surface area (Å²) in [6.07, 6.45) is 7.39. The van der Waals surface area contributed by atoms with Crippen LogP contribution in [0.4, 0.5) is 0 Å². The number of nitrogens with zero attached hydrogens (tertiary/aromatic N) is 2. The first-order valence-electron chi connectivity index (χ1n) is 5.73. The Kier molecular flexibility index (Phi) is 5.40. The number of hydrogen-bond donors (Lipinski definition) is 0. The van der Waals surface area contributed by atoms with Gasteiger partial charge < -0.3 is 9.64 Å². The van der Waals surface area contributed by atoms with E-state index in [0.29, 0.717) is 6.04 Å². The van der Waals surface area contributed by atoms with Gasteiger partial charge in [0, 0.05) is 13.1 Å². The van der Waals surface area contributed by atoms with Gasteiger partial charge in [-0.2, -0.15) is 0 Å². The molecule has 1 rings (SSSR count). The summed E-state index contributed by atoms with van der Waals surface area (Å²) < 4.78 is 5.75. The zero-order chi connectivity index (χ0) is 11.1. The molecule has 86 valence electrons. The Morgan fingerprint density at radius 2 is 2.40 bits per heavy atom. The highest BCUT2D eigenvalue weighted by molar-refractivity contribution is 5.75. The molecule has 0 saturated carbocycles. The SMILES string of the molecule is CC/C=C(\C=NC)OCC1CCCN1C. The summed E-state index contributed by atoms with van der Waals surface area (Å²) in [4.78, 5) is 6.35. The molecule has 1 heterocycles. The maximum Gasteiger partial charge on any atom is 0.133 e. The van der Waals surface area contributed by atoms with E-state index in [9.17, 15) is 0 Å². The molecule has 0 aromatic rings. The van der Waals surface area contributed by atoms with E-state index < -0.39 is 0 Å². The quantitative estimate of drug-likeness (QED) is 0.513. The molecule has 1 aliphatic rings. The van der Waals surface area contributed by atoms with Crippen molar-refractivity contribution in [2.45, 2.75) is 32.2 Å². The second-order valence-corrected chi connectivity index (χ2v) is 3.99. The fourth-order valence-electron chi connectivity index (χ4n) is 1.86. The van der Waals surface area contributed by atoms with Crippen molar-refractivity contribution in [2.75, 3.05) is 27.2 Å². The second-order valence-electron chi connectivity index (χ2n) is 3.99. The van der Waals surface area contributed by atoms with Crippen LogP contribution in [0, 0.1) is 0 Å². The maximum atomic E-state index is 5.75. The molecule has 0 bridgehead atoms. The molecule has 3 nitrogen and oxygen atoms in total. The third-order valence-corrected chi connectivity index (χ3v) is 2.78. The lowest BCUT2D eigenvalue weighted by Gasteiger charge is -2.19. The van der Waals surface area contributed by atoms with Crippen molar-refractivity contribution in [3.63, 3.8) is 0 Å². The van der Waals surface area contributed by atoms with Crippen LogP contribution >= 0.6 is 0 Å². The van der Waals surface area contributed by atoms with E-state index in [1.807, 2.05) is 0 Å². The highest BCUT2D eigenvalue weighted by Crippen LogP contribution is 2.15. The first-order valence-corrected chi connectivity index (χ1v) is 5.73. The van der Waals surface area contributed by atoms with Gasteiger partial charge in [-0.3, -0.25) is 4.99 Å². The normalized spacial score (nSPS) is 23.9. The van der Waals surface area contributed by atoms with Gasteiger partial charge in [-0.25, -0.2) is 0 Å². The van der Waals surface area contributed by atoms with Crippen molar-refractivity contribution in [1.29, 1.82) is 0 Å². The molecule has 0 amide bonds. The molecule has 1 aliphatic heterocycles. The van der Waals surface area contributed by atoms with Gasteiger partial charge in [0.1, 0.15) is 12.4 Å². The van der Waals surface area contributed by atoms with E-state index >= 15 is 0 Å². The van der Waals surface area contributed by atoms with E-state index in [2.05, 4.69) is 29.9 Å². The van der Waals surface area contributed by atoms with Crippen molar-refractivity contribution in [3.8, 4) is 0 Å². The highest BCUT2D eigenvalue weighted by atomic mass is 16.5. The summed E-state index contributed by atoms with van der Waals surface area (Å²) in [7, 11) is 3.94. The van der Waals surface area contributed by atoms with Crippen LogP contribution in [-0.4, -0.2) is 44.4 Å².